The lowest BCUT2D eigenvalue weighted by molar-refractivity contribution is 0.105. The summed E-state index contributed by atoms with van der Waals surface area (Å²) in [6, 6.07) is 7.47. The lowest BCUT2D eigenvalue weighted by Gasteiger charge is -2.09. The quantitative estimate of drug-likeness (QED) is 0.467. The zero-order valence-electron chi connectivity index (χ0n) is 13.4. The van der Waals surface area contributed by atoms with E-state index >= 15 is 0 Å². The monoisotopic (exact) mass is 394 g/mol. The topological polar surface area (TPSA) is 35.5 Å². The second-order valence-electron chi connectivity index (χ2n) is 4.91. The van der Waals surface area contributed by atoms with Crippen molar-refractivity contribution in [1.29, 1.82) is 0 Å². The maximum absolute atomic E-state index is 12.4. The standard InChI is InChI=1S/C18H19BrO3S/c1-4-6-16-13(19)11-17(23-16)14(20)10-9-12-7-5-8-15(21-2)18(12)22-3/h5,7-11H,4,6H2,1-3H3/b10-9+. The fourth-order valence-electron chi connectivity index (χ4n) is 2.22. The van der Waals surface area contributed by atoms with Gasteiger partial charge in [-0.05, 0) is 46.6 Å². The predicted molar refractivity (Wildman–Crippen MR) is 98.9 cm³/mol. The van der Waals surface area contributed by atoms with E-state index in [0.717, 1.165) is 27.8 Å². The third-order valence-corrected chi connectivity index (χ3v) is 5.50. The molecule has 0 saturated heterocycles. The minimum atomic E-state index is -0.0112. The van der Waals surface area contributed by atoms with Crippen LogP contribution in [0.25, 0.3) is 6.08 Å². The van der Waals surface area contributed by atoms with Crippen LogP contribution in [0.1, 0.15) is 33.5 Å². The van der Waals surface area contributed by atoms with Crippen LogP contribution in [0.15, 0.2) is 34.8 Å². The van der Waals surface area contributed by atoms with Crippen molar-refractivity contribution in [1.82, 2.24) is 0 Å². The molecule has 122 valence electrons. The largest absolute Gasteiger partial charge is 0.493 e. The van der Waals surface area contributed by atoms with Crippen LogP contribution in [0.2, 0.25) is 0 Å². The zero-order valence-corrected chi connectivity index (χ0v) is 15.8. The van der Waals surface area contributed by atoms with Gasteiger partial charge in [0.1, 0.15) is 0 Å². The maximum Gasteiger partial charge on any atom is 0.195 e. The number of methoxy groups -OCH3 is 2. The summed E-state index contributed by atoms with van der Waals surface area (Å²) in [6.07, 6.45) is 5.37. The third kappa shape index (κ3) is 4.24. The number of allylic oxidation sites excluding steroid dienone is 1. The van der Waals surface area contributed by atoms with Gasteiger partial charge in [-0.2, -0.15) is 0 Å². The molecule has 0 atom stereocenters. The molecule has 3 nitrogen and oxygen atoms in total. The van der Waals surface area contributed by atoms with E-state index in [9.17, 15) is 4.79 Å². The number of ether oxygens (including phenoxy) is 2. The Morgan fingerprint density at radius 2 is 2.09 bits per heavy atom. The van der Waals surface area contributed by atoms with Crippen LogP contribution in [-0.4, -0.2) is 20.0 Å². The second kappa shape index (κ2) is 8.31. The Morgan fingerprint density at radius 1 is 1.30 bits per heavy atom. The summed E-state index contributed by atoms with van der Waals surface area (Å²) in [7, 11) is 3.18. The first-order chi connectivity index (χ1) is 11.1. The molecule has 0 fully saturated rings. The normalized spacial score (nSPS) is 11.0. The fraction of sp³-hybridized carbons (Fsp3) is 0.278. The summed E-state index contributed by atoms with van der Waals surface area (Å²) in [5.74, 6) is 1.26. The van der Waals surface area contributed by atoms with E-state index in [0.29, 0.717) is 11.5 Å². The third-order valence-electron chi connectivity index (χ3n) is 3.32. The number of carbonyl (C=O) groups is 1. The van der Waals surface area contributed by atoms with Crippen LogP contribution in [-0.2, 0) is 6.42 Å². The van der Waals surface area contributed by atoms with Crippen LogP contribution >= 0.6 is 27.3 Å². The van der Waals surface area contributed by atoms with E-state index < -0.39 is 0 Å². The van der Waals surface area contributed by atoms with Crippen molar-refractivity contribution in [3.8, 4) is 11.5 Å². The number of halogens is 1. The van der Waals surface area contributed by atoms with E-state index in [-0.39, 0.29) is 5.78 Å². The van der Waals surface area contributed by atoms with Crippen LogP contribution < -0.4 is 9.47 Å². The minimum absolute atomic E-state index is 0.0112. The summed E-state index contributed by atoms with van der Waals surface area (Å²) in [5.41, 5.74) is 0.810. The van der Waals surface area contributed by atoms with Gasteiger partial charge in [0.05, 0.1) is 19.1 Å². The molecule has 0 saturated carbocycles. The van der Waals surface area contributed by atoms with Gasteiger partial charge in [0.15, 0.2) is 17.3 Å². The number of hydrogen-bond donors (Lipinski definition) is 0. The van der Waals surface area contributed by atoms with E-state index in [1.807, 2.05) is 24.3 Å². The highest BCUT2D eigenvalue weighted by molar-refractivity contribution is 9.10. The van der Waals surface area contributed by atoms with E-state index in [2.05, 4.69) is 22.9 Å². The molecule has 1 aromatic carbocycles. The number of thiophene rings is 1. The van der Waals surface area contributed by atoms with Crippen LogP contribution in [0.4, 0.5) is 0 Å². The van der Waals surface area contributed by atoms with E-state index in [1.54, 1.807) is 37.7 Å². The molecule has 1 heterocycles. The summed E-state index contributed by atoms with van der Waals surface area (Å²) < 4.78 is 11.6. The van der Waals surface area contributed by atoms with E-state index in [1.165, 1.54) is 4.88 Å². The van der Waals surface area contributed by atoms with Crippen LogP contribution in [0.5, 0.6) is 11.5 Å². The number of carbonyl (C=O) groups excluding carboxylic acids is 1. The van der Waals surface area contributed by atoms with Crippen molar-refractivity contribution in [2.24, 2.45) is 0 Å². The van der Waals surface area contributed by atoms with Gasteiger partial charge in [0.2, 0.25) is 0 Å². The highest BCUT2D eigenvalue weighted by Gasteiger charge is 2.12. The number of ketones is 1. The Bertz CT molecular complexity index is 719. The van der Waals surface area contributed by atoms with Gasteiger partial charge in [-0.15, -0.1) is 11.3 Å². The first kappa shape index (κ1) is 17.8. The molecule has 23 heavy (non-hydrogen) atoms. The van der Waals surface area contributed by atoms with Gasteiger partial charge in [-0.1, -0.05) is 25.5 Å². The number of benzene rings is 1. The summed E-state index contributed by atoms with van der Waals surface area (Å²) in [5, 5.41) is 0. The fourth-order valence-corrected chi connectivity index (χ4v) is 4.11. The Labute approximate surface area is 149 Å². The lowest BCUT2D eigenvalue weighted by atomic mass is 10.1. The summed E-state index contributed by atoms with van der Waals surface area (Å²) in [6.45, 7) is 2.13. The van der Waals surface area contributed by atoms with Gasteiger partial charge < -0.3 is 9.47 Å². The molecule has 0 unspecified atom stereocenters. The molecule has 5 heteroatoms. The smallest absolute Gasteiger partial charge is 0.195 e. The number of hydrogen-bond acceptors (Lipinski definition) is 4. The Morgan fingerprint density at radius 3 is 2.74 bits per heavy atom. The lowest BCUT2D eigenvalue weighted by Crippen LogP contribution is -1.93. The van der Waals surface area contributed by atoms with Crippen LogP contribution in [0.3, 0.4) is 0 Å². The average molecular weight is 395 g/mol. The molecule has 0 bridgehead atoms. The number of aryl methyl sites for hydroxylation is 1. The first-order valence-electron chi connectivity index (χ1n) is 7.32. The molecule has 1 aromatic heterocycles. The Kier molecular flexibility index (Phi) is 6.42. The Balaban J connectivity index is 2.23. The highest BCUT2D eigenvalue weighted by atomic mass is 79.9. The van der Waals surface area contributed by atoms with Gasteiger partial charge in [-0.25, -0.2) is 0 Å². The summed E-state index contributed by atoms with van der Waals surface area (Å²) in [4.78, 5) is 14.3. The molecule has 0 amide bonds. The molecule has 0 aliphatic heterocycles. The predicted octanol–water partition coefficient (Wildman–Crippen LogP) is 5.38. The van der Waals surface area contributed by atoms with Crippen molar-refractivity contribution < 1.29 is 14.3 Å². The van der Waals surface area contributed by atoms with Gasteiger partial charge in [-0.3, -0.25) is 4.79 Å². The Hall–Kier alpha value is -1.59. The second-order valence-corrected chi connectivity index (χ2v) is 6.90. The van der Waals surface area contributed by atoms with Gasteiger partial charge in [0.25, 0.3) is 0 Å². The SMILES string of the molecule is CCCc1sc(C(=O)/C=C/c2cccc(OC)c2OC)cc1Br. The minimum Gasteiger partial charge on any atom is -0.493 e. The highest BCUT2D eigenvalue weighted by Crippen LogP contribution is 2.32. The zero-order chi connectivity index (χ0) is 16.8. The van der Waals surface area contributed by atoms with Crippen molar-refractivity contribution in [2.45, 2.75) is 19.8 Å². The number of rotatable bonds is 7. The van der Waals surface area contributed by atoms with Crippen LogP contribution in [0, 0.1) is 0 Å². The molecular formula is C18H19BrO3S. The molecule has 0 aliphatic carbocycles. The molecule has 0 radical (unpaired) electrons. The van der Waals surface area contributed by atoms with Gasteiger partial charge >= 0.3 is 0 Å². The number of para-hydroxylation sites is 1. The first-order valence-corrected chi connectivity index (χ1v) is 8.93. The van der Waals surface area contributed by atoms with Crippen molar-refractivity contribution in [3.05, 3.63) is 50.1 Å². The maximum atomic E-state index is 12.4. The molecule has 0 spiro atoms. The van der Waals surface area contributed by atoms with Gasteiger partial charge in [0, 0.05) is 14.9 Å². The molecular weight excluding hydrogens is 376 g/mol. The van der Waals surface area contributed by atoms with Crippen molar-refractivity contribution in [3.63, 3.8) is 0 Å². The van der Waals surface area contributed by atoms with E-state index in [4.69, 9.17) is 9.47 Å². The molecule has 0 N–H and O–H groups in total. The van der Waals surface area contributed by atoms with Crippen molar-refractivity contribution in [2.75, 3.05) is 14.2 Å². The summed E-state index contributed by atoms with van der Waals surface area (Å²) >= 11 is 5.06. The molecule has 2 aromatic rings. The molecule has 0 aliphatic rings. The average Bonchev–Trinajstić information content (AvgIpc) is 2.93. The van der Waals surface area contributed by atoms with Crippen molar-refractivity contribution >= 4 is 39.1 Å². The molecule has 2 rings (SSSR count).